The lowest BCUT2D eigenvalue weighted by Crippen LogP contribution is -2.40. The van der Waals surface area contributed by atoms with Crippen LogP contribution in [-0.2, 0) is 13.6 Å². The number of nitrogens with one attached hydrogen (secondary N) is 1. The molecule has 2 rings (SSSR count). The number of halogens is 1. The molecule has 1 aliphatic heterocycles. The molecule has 1 aromatic rings. The number of hydrogen-bond acceptors (Lipinski definition) is 2. The van der Waals surface area contributed by atoms with Gasteiger partial charge in [0, 0.05) is 39.6 Å². The summed E-state index contributed by atoms with van der Waals surface area (Å²) >= 11 is 0. The van der Waals surface area contributed by atoms with Crippen LogP contribution in [0, 0.1) is 5.92 Å². The van der Waals surface area contributed by atoms with Crippen molar-refractivity contribution in [3.05, 3.63) is 24.0 Å². The second kappa shape index (κ2) is 10.2. The van der Waals surface area contributed by atoms with Crippen molar-refractivity contribution in [2.45, 2.75) is 25.8 Å². The van der Waals surface area contributed by atoms with Gasteiger partial charge in [-0.1, -0.05) is 0 Å². The van der Waals surface area contributed by atoms with E-state index in [1.807, 2.05) is 7.05 Å². The van der Waals surface area contributed by atoms with E-state index in [1.165, 1.54) is 38.0 Å². The number of piperidine rings is 1. The number of aromatic nitrogens is 1. The number of rotatable bonds is 5. The highest BCUT2D eigenvalue weighted by atomic mass is 127. The Morgan fingerprint density at radius 1 is 1.35 bits per heavy atom. The Balaban J connectivity index is 0.00000264. The van der Waals surface area contributed by atoms with Gasteiger partial charge in [0.05, 0.1) is 6.54 Å². The van der Waals surface area contributed by atoms with Crippen molar-refractivity contribution in [2.75, 3.05) is 40.8 Å². The van der Waals surface area contributed by atoms with Crippen LogP contribution in [0.5, 0.6) is 0 Å². The molecule has 1 aromatic heterocycles. The van der Waals surface area contributed by atoms with Gasteiger partial charge in [-0.05, 0) is 57.5 Å². The number of nitrogens with zero attached hydrogens (tertiary/aromatic N) is 4. The van der Waals surface area contributed by atoms with Crippen LogP contribution in [0.1, 0.15) is 25.0 Å². The Morgan fingerprint density at radius 2 is 2.04 bits per heavy atom. The summed E-state index contributed by atoms with van der Waals surface area (Å²) in [5.41, 5.74) is 1.29. The van der Waals surface area contributed by atoms with Gasteiger partial charge in [-0.25, -0.2) is 0 Å². The topological polar surface area (TPSA) is 35.8 Å². The molecule has 0 atom stereocenters. The van der Waals surface area contributed by atoms with Crippen LogP contribution in [0.3, 0.4) is 0 Å². The van der Waals surface area contributed by atoms with Crippen molar-refractivity contribution < 1.29 is 0 Å². The first-order chi connectivity index (χ1) is 10.6. The summed E-state index contributed by atoms with van der Waals surface area (Å²) in [7, 11) is 8.26. The molecule has 0 radical (unpaired) electrons. The fraction of sp³-hybridized carbons (Fsp3) is 0.706. The first kappa shape index (κ1) is 20.3. The van der Waals surface area contributed by atoms with Gasteiger partial charge in [0.1, 0.15) is 0 Å². The van der Waals surface area contributed by atoms with E-state index in [9.17, 15) is 0 Å². The van der Waals surface area contributed by atoms with Crippen molar-refractivity contribution >= 4 is 29.9 Å². The predicted molar refractivity (Wildman–Crippen MR) is 108 cm³/mol. The quantitative estimate of drug-likeness (QED) is 0.440. The summed E-state index contributed by atoms with van der Waals surface area (Å²) in [6, 6.07) is 4.24. The molecule has 0 aromatic carbocycles. The normalized spacial score (nSPS) is 17.0. The zero-order chi connectivity index (χ0) is 15.9. The number of hydrogen-bond donors (Lipinski definition) is 1. The van der Waals surface area contributed by atoms with E-state index in [0.717, 1.165) is 25.0 Å². The third-order valence-corrected chi connectivity index (χ3v) is 4.70. The van der Waals surface area contributed by atoms with Gasteiger partial charge < -0.3 is 19.7 Å². The van der Waals surface area contributed by atoms with E-state index in [2.05, 4.69) is 64.1 Å². The van der Waals surface area contributed by atoms with E-state index in [4.69, 9.17) is 0 Å². The molecule has 6 heteroatoms. The molecule has 0 amide bonds. The van der Waals surface area contributed by atoms with Gasteiger partial charge in [0.25, 0.3) is 0 Å². The molecule has 0 saturated carbocycles. The minimum atomic E-state index is 0. The summed E-state index contributed by atoms with van der Waals surface area (Å²) in [5.74, 6) is 1.84. The second-order valence-electron chi connectivity index (χ2n) is 6.48. The van der Waals surface area contributed by atoms with E-state index in [1.54, 1.807) is 0 Å². The molecular formula is C17H32IN5. The maximum atomic E-state index is 4.41. The average Bonchev–Trinajstić information content (AvgIpc) is 2.90. The standard InChI is InChI=1S/C17H31N5.HI/c1-18-17(22(4)14-16-6-5-11-21(16)3)19-10-7-15-8-12-20(2)13-9-15;/h5-6,11,15H,7-10,12-14H2,1-4H3,(H,18,19);1H. The zero-order valence-electron chi connectivity index (χ0n) is 15.0. The highest BCUT2D eigenvalue weighted by Crippen LogP contribution is 2.18. The number of aliphatic imine (C=N–C) groups is 1. The molecule has 1 aliphatic rings. The molecular weight excluding hydrogens is 401 g/mol. The van der Waals surface area contributed by atoms with E-state index in [0.29, 0.717) is 0 Å². The van der Waals surface area contributed by atoms with Gasteiger partial charge >= 0.3 is 0 Å². The summed E-state index contributed by atoms with van der Waals surface area (Å²) in [6.07, 6.45) is 5.98. The van der Waals surface area contributed by atoms with Crippen LogP contribution in [0.25, 0.3) is 0 Å². The van der Waals surface area contributed by atoms with Crippen LogP contribution in [0.2, 0.25) is 0 Å². The Kier molecular flexibility index (Phi) is 8.98. The Morgan fingerprint density at radius 3 is 2.61 bits per heavy atom. The lowest BCUT2D eigenvalue weighted by Gasteiger charge is -2.29. The Hall–Kier alpha value is -0.760. The van der Waals surface area contributed by atoms with Gasteiger partial charge in [-0.3, -0.25) is 4.99 Å². The van der Waals surface area contributed by atoms with Crippen LogP contribution in [-0.4, -0.2) is 61.1 Å². The van der Waals surface area contributed by atoms with E-state index >= 15 is 0 Å². The van der Waals surface area contributed by atoms with Crippen LogP contribution in [0.15, 0.2) is 23.3 Å². The molecule has 1 saturated heterocycles. The fourth-order valence-corrected chi connectivity index (χ4v) is 3.10. The number of guanidine groups is 1. The molecule has 0 aliphatic carbocycles. The number of likely N-dealkylation sites (tertiary alicyclic amines) is 1. The summed E-state index contributed by atoms with van der Waals surface area (Å²) in [5, 5.41) is 3.51. The van der Waals surface area contributed by atoms with Crippen molar-refractivity contribution in [1.82, 2.24) is 19.7 Å². The van der Waals surface area contributed by atoms with Crippen molar-refractivity contribution in [3.8, 4) is 0 Å². The van der Waals surface area contributed by atoms with Gasteiger partial charge in [0.15, 0.2) is 5.96 Å². The molecule has 1 N–H and O–H groups in total. The monoisotopic (exact) mass is 433 g/mol. The summed E-state index contributed by atoms with van der Waals surface area (Å²) in [4.78, 5) is 9.02. The largest absolute Gasteiger partial charge is 0.356 e. The second-order valence-corrected chi connectivity index (χ2v) is 6.48. The molecule has 2 heterocycles. The van der Waals surface area contributed by atoms with Gasteiger partial charge in [0.2, 0.25) is 0 Å². The van der Waals surface area contributed by atoms with E-state index < -0.39 is 0 Å². The molecule has 5 nitrogen and oxygen atoms in total. The molecule has 1 fully saturated rings. The van der Waals surface area contributed by atoms with Crippen LogP contribution >= 0.6 is 24.0 Å². The smallest absolute Gasteiger partial charge is 0.193 e. The molecule has 23 heavy (non-hydrogen) atoms. The Bertz CT molecular complexity index is 477. The first-order valence-electron chi connectivity index (χ1n) is 8.30. The molecule has 132 valence electrons. The average molecular weight is 433 g/mol. The van der Waals surface area contributed by atoms with Crippen molar-refractivity contribution in [3.63, 3.8) is 0 Å². The van der Waals surface area contributed by atoms with Crippen molar-refractivity contribution in [1.29, 1.82) is 0 Å². The van der Waals surface area contributed by atoms with Crippen LogP contribution < -0.4 is 5.32 Å². The van der Waals surface area contributed by atoms with Crippen LogP contribution in [0.4, 0.5) is 0 Å². The maximum absolute atomic E-state index is 4.41. The highest BCUT2D eigenvalue weighted by Gasteiger charge is 2.16. The van der Waals surface area contributed by atoms with Gasteiger partial charge in [-0.15, -0.1) is 24.0 Å². The fourth-order valence-electron chi connectivity index (χ4n) is 3.10. The first-order valence-corrected chi connectivity index (χ1v) is 8.30. The van der Waals surface area contributed by atoms with Crippen molar-refractivity contribution in [2.24, 2.45) is 18.0 Å². The molecule has 0 unspecified atom stereocenters. The minimum absolute atomic E-state index is 0. The molecule has 0 bridgehead atoms. The highest BCUT2D eigenvalue weighted by molar-refractivity contribution is 14.0. The third-order valence-electron chi connectivity index (χ3n) is 4.70. The SMILES string of the molecule is CN=C(NCCC1CCN(C)CC1)N(C)Cc1cccn1C.I. The van der Waals surface area contributed by atoms with Gasteiger partial charge in [-0.2, -0.15) is 0 Å². The lowest BCUT2D eigenvalue weighted by atomic mass is 9.94. The lowest BCUT2D eigenvalue weighted by molar-refractivity contribution is 0.212. The Labute approximate surface area is 158 Å². The van der Waals surface area contributed by atoms with E-state index in [-0.39, 0.29) is 24.0 Å². The third kappa shape index (κ3) is 6.33. The maximum Gasteiger partial charge on any atom is 0.193 e. The molecule has 0 spiro atoms. The summed E-state index contributed by atoms with van der Waals surface area (Å²) < 4.78 is 2.16. The number of aryl methyl sites for hydroxylation is 1. The predicted octanol–water partition coefficient (Wildman–Crippen LogP) is 2.38. The summed E-state index contributed by atoms with van der Waals surface area (Å²) in [6.45, 7) is 4.37. The minimum Gasteiger partial charge on any atom is -0.356 e. The zero-order valence-corrected chi connectivity index (χ0v) is 17.3.